The number of nitrogens with zero attached hydrogens (tertiary/aromatic N) is 2. The molecule has 0 radical (unpaired) electrons. The van der Waals surface area contributed by atoms with Gasteiger partial charge in [0.05, 0.1) is 13.2 Å². The van der Waals surface area contributed by atoms with Gasteiger partial charge in [-0.2, -0.15) is 0 Å². The molecule has 0 unspecified atom stereocenters. The van der Waals surface area contributed by atoms with Crippen LogP contribution in [0.3, 0.4) is 0 Å². The fourth-order valence-electron chi connectivity index (χ4n) is 2.26. The third kappa shape index (κ3) is 2.75. The van der Waals surface area contributed by atoms with Crippen LogP contribution in [0.1, 0.15) is 5.76 Å². The van der Waals surface area contributed by atoms with Gasteiger partial charge in [0.15, 0.2) is 11.0 Å². The number of carbonyl (C=O) groups is 2. The van der Waals surface area contributed by atoms with Crippen molar-refractivity contribution in [2.24, 2.45) is 0 Å². The zero-order valence-electron chi connectivity index (χ0n) is 12.0. The number of likely N-dealkylation sites (N-methyl/N-ethyl adjacent to an activating group) is 1. The van der Waals surface area contributed by atoms with Crippen LogP contribution in [0.2, 0.25) is 0 Å². The van der Waals surface area contributed by atoms with E-state index in [4.69, 9.17) is 21.4 Å². The molecule has 0 atom stereocenters. The van der Waals surface area contributed by atoms with E-state index in [9.17, 15) is 9.59 Å². The number of furan rings is 1. The molecule has 2 amide bonds. The van der Waals surface area contributed by atoms with Crippen LogP contribution in [0.5, 0.6) is 0 Å². The first-order chi connectivity index (χ1) is 10.6. The van der Waals surface area contributed by atoms with Gasteiger partial charge in [-0.3, -0.25) is 19.8 Å². The molecule has 2 fully saturated rings. The Hall–Kier alpha value is -2.19. The van der Waals surface area contributed by atoms with Gasteiger partial charge in [-0.25, -0.2) is 0 Å². The highest BCUT2D eigenvalue weighted by molar-refractivity contribution is 7.80. The third-order valence-electron chi connectivity index (χ3n) is 3.53. The highest BCUT2D eigenvalue weighted by Gasteiger charge is 2.31. The van der Waals surface area contributed by atoms with Gasteiger partial charge in [0, 0.05) is 26.2 Å². The number of ether oxygens (including phenoxy) is 1. The van der Waals surface area contributed by atoms with E-state index >= 15 is 0 Å². The summed E-state index contributed by atoms with van der Waals surface area (Å²) in [7, 11) is 1.51. The fourth-order valence-corrected chi connectivity index (χ4v) is 2.44. The maximum absolute atomic E-state index is 12.1. The lowest BCUT2D eigenvalue weighted by atomic mass is 10.1. The molecule has 22 heavy (non-hydrogen) atoms. The summed E-state index contributed by atoms with van der Waals surface area (Å²) < 4.78 is 11.0. The summed E-state index contributed by atoms with van der Waals surface area (Å²) in [6.45, 7) is 2.81. The number of anilines is 1. The number of morpholine rings is 1. The molecule has 2 aliphatic heterocycles. The summed E-state index contributed by atoms with van der Waals surface area (Å²) >= 11 is 4.89. The van der Waals surface area contributed by atoms with E-state index in [1.807, 2.05) is 6.07 Å². The molecular formula is C14H15N3O4S. The van der Waals surface area contributed by atoms with Gasteiger partial charge in [-0.05, 0) is 24.4 Å². The van der Waals surface area contributed by atoms with Crippen LogP contribution in [0.25, 0.3) is 6.08 Å². The molecule has 1 N–H and O–H groups in total. The van der Waals surface area contributed by atoms with Gasteiger partial charge in [0.1, 0.15) is 11.3 Å². The van der Waals surface area contributed by atoms with Crippen molar-refractivity contribution in [3.8, 4) is 0 Å². The summed E-state index contributed by atoms with van der Waals surface area (Å²) in [5, 5.41) is 2.56. The summed E-state index contributed by atoms with van der Waals surface area (Å²) in [6.07, 6.45) is 1.43. The summed E-state index contributed by atoms with van der Waals surface area (Å²) in [4.78, 5) is 27.3. The number of rotatable bonds is 2. The van der Waals surface area contributed by atoms with E-state index in [0.717, 1.165) is 13.1 Å². The van der Waals surface area contributed by atoms with Crippen LogP contribution < -0.4 is 10.2 Å². The number of amides is 2. The number of hydrogen-bond acceptors (Lipinski definition) is 6. The highest BCUT2D eigenvalue weighted by Crippen LogP contribution is 2.22. The largest absolute Gasteiger partial charge is 0.441 e. The predicted molar refractivity (Wildman–Crippen MR) is 83.2 cm³/mol. The van der Waals surface area contributed by atoms with E-state index in [1.165, 1.54) is 18.0 Å². The van der Waals surface area contributed by atoms with E-state index < -0.39 is 11.8 Å². The van der Waals surface area contributed by atoms with Crippen molar-refractivity contribution in [1.82, 2.24) is 10.2 Å². The normalized spacial score (nSPS) is 21.5. The molecule has 3 rings (SSSR count). The van der Waals surface area contributed by atoms with Crippen molar-refractivity contribution in [2.45, 2.75) is 0 Å². The molecule has 0 spiro atoms. The van der Waals surface area contributed by atoms with E-state index in [1.54, 1.807) is 6.07 Å². The topological polar surface area (TPSA) is 75.0 Å². The Bertz CT molecular complexity index is 661. The Morgan fingerprint density at radius 2 is 2.00 bits per heavy atom. The quantitative estimate of drug-likeness (QED) is 0.482. The zero-order chi connectivity index (χ0) is 15.7. The van der Waals surface area contributed by atoms with Gasteiger partial charge in [0.25, 0.3) is 11.8 Å². The van der Waals surface area contributed by atoms with E-state index in [2.05, 4.69) is 10.2 Å². The van der Waals surface area contributed by atoms with Crippen molar-refractivity contribution < 1.29 is 18.7 Å². The van der Waals surface area contributed by atoms with Crippen molar-refractivity contribution in [1.29, 1.82) is 0 Å². The average Bonchev–Trinajstić information content (AvgIpc) is 2.99. The highest BCUT2D eigenvalue weighted by atomic mass is 32.1. The van der Waals surface area contributed by atoms with Crippen LogP contribution in [-0.2, 0) is 14.3 Å². The molecule has 0 aromatic carbocycles. The van der Waals surface area contributed by atoms with Gasteiger partial charge >= 0.3 is 0 Å². The van der Waals surface area contributed by atoms with Crippen LogP contribution in [0.4, 0.5) is 5.88 Å². The third-order valence-corrected chi connectivity index (χ3v) is 3.90. The maximum Gasteiger partial charge on any atom is 0.265 e. The number of hydrogen-bond donors (Lipinski definition) is 1. The lowest BCUT2D eigenvalue weighted by molar-refractivity contribution is -0.128. The van der Waals surface area contributed by atoms with E-state index in [-0.39, 0.29) is 10.7 Å². The maximum atomic E-state index is 12.1. The second-order valence-electron chi connectivity index (χ2n) is 4.96. The molecule has 2 saturated heterocycles. The molecule has 7 nitrogen and oxygen atoms in total. The summed E-state index contributed by atoms with van der Waals surface area (Å²) in [5.74, 6) is 0.180. The SMILES string of the molecule is CN1C(=O)C(=Cc2ccc(N3CCOCC3)o2)C(=O)NC1=S. The minimum absolute atomic E-state index is 0.000947. The molecule has 0 bridgehead atoms. The van der Waals surface area contributed by atoms with Crippen molar-refractivity contribution in [2.75, 3.05) is 38.3 Å². The number of thiocarbonyl (C=S) groups is 1. The first-order valence-electron chi connectivity index (χ1n) is 6.84. The Morgan fingerprint density at radius 1 is 1.27 bits per heavy atom. The van der Waals surface area contributed by atoms with E-state index in [0.29, 0.717) is 24.9 Å². The van der Waals surface area contributed by atoms with Gasteiger partial charge in [0.2, 0.25) is 0 Å². The minimum Gasteiger partial charge on any atom is -0.441 e. The Morgan fingerprint density at radius 3 is 2.73 bits per heavy atom. The van der Waals surface area contributed by atoms with Gasteiger partial charge < -0.3 is 14.1 Å². The Balaban J connectivity index is 1.82. The van der Waals surface area contributed by atoms with Crippen molar-refractivity contribution in [3.63, 3.8) is 0 Å². The summed E-state index contributed by atoms with van der Waals surface area (Å²) in [5.41, 5.74) is -0.000947. The molecule has 8 heteroatoms. The first-order valence-corrected chi connectivity index (χ1v) is 7.24. The molecule has 2 aliphatic rings. The van der Waals surface area contributed by atoms with Crippen molar-refractivity contribution in [3.05, 3.63) is 23.5 Å². The second-order valence-corrected chi connectivity index (χ2v) is 5.34. The molecule has 116 valence electrons. The number of nitrogens with one attached hydrogen (secondary N) is 1. The molecule has 1 aromatic heterocycles. The lowest BCUT2D eigenvalue weighted by Crippen LogP contribution is -2.52. The fraction of sp³-hybridized carbons (Fsp3) is 0.357. The standard InChI is InChI=1S/C14H15N3O4S/c1-16-13(19)10(12(18)15-14(16)22)8-9-2-3-11(21-9)17-4-6-20-7-5-17/h2-3,8H,4-7H2,1H3,(H,15,18,22). The lowest BCUT2D eigenvalue weighted by Gasteiger charge is -2.26. The zero-order valence-corrected chi connectivity index (χ0v) is 12.8. The van der Waals surface area contributed by atoms with Crippen LogP contribution >= 0.6 is 12.2 Å². The molecule has 0 saturated carbocycles. The van der Waals surface area contributed by atoms with Crippen LogP contribution in [0, 0.1) is 0 Å². The van der Waals surface area contributed by atoms with Gasteiger partial charge in [-0.1, -0.05) is 0 Å². The number of carbonyl (C=O) groups excluding carboxylic acids is 2. The minimum atomic E-state index is -0.516. The molecular weight excluding hydrogens is 306 g/mol. The molecule has 0 aliphatic carbocycles. The second kappa shape index (κ2) is 5.90. The summed E-state index contributed by atoms with van der Waals surface area (Å²) in [6, 6.07) is 3.54. The van der Waals surface area contributed by atoms with Crippen molar-refractivity contribution >= 4 is 41.1 Å². The predicted octanol–water partition coefficient (Wildman–Crippen LogP) is 0.373. The molecule has 1 aromatic rings. The Kier molecular flexibility index (Phi) is 3.95. The smallest absolute Gasteiger partial charge is 0.265 e. The first kappa shape index (κ1) is 14.7. The monoisotopic (exact) mass is 321 g/mol. The average molecular weight is 321 g/mol. The molecule has 3 heterocycles. The van der Waals surface area contributed by atoms with Crippen LogP contribution in [-0.4, -0.2) is 55.2 Å². The van der Waals surface area contributed by atoms with Crippen LogP contribution in [0.15, 0.2) is 22.1 Å². The Labute approximate surface area is 132 Å². The van der Waals surface area contributed by atoms with Gasteiger partial charge in [-0.15, -0.1) is 0 Å².